The molecule has 0 aliphatic heterocycles. The topological polar surface area (TPSA) is 72.0 Å². The van der Waals surface area contributed by atoms with Crippen LogP contribution in [0, 0.1) is 5.41 Å². The van der Waals surface area contributed by atoms with Gasteiger partial charge in [0.1, 0.15) is 0 Å². The van der Waals surface area contributed by atoms with E-state index >= 15 is 0 Å². The van der Waals surface area contributed by atoms with E-state index in [1.54, 1.807) is 0 Å². The Balaban J connectivity index is 1.92. The van der Waals surface area contributed by atoms with E-state index in [-0.39, 0.29) is 5.41 Å². The van der Waals surface area contributed by atoms with E-state index in [2.05, 4.69) is 4.98 Å². The Hall–Kier alpha value is -1.55. The summed E-state index contributed by atoms with van der Waals surface area (Å²) in [5.74, 6) is -0.394. The molecular weight excluding hydrogens is 216 g/mol. The van der Waals surface area contributed by atoms with Gasteiger partial charge in [-0.3, -0.25) is 4.98 Å². The number of H-pyrrole nitrogens is 1. The predicted octanol–water partition coefficient (Wildman–Crippen LogP) is 1.79. The Labute approximate surface area is 98.8 Å². The summed E-state index contributed by atoms with van der Waals surface area (Å²) in [5, 5.41) is 0. The number of nitrogens with one attached hydrogen (secondary N) is 1. The van der Waals surface area contributed by atoms with Crippen LogP contribution in [0.5, 0.6) is 0 Å². The van der Waals surface area contributed by atoms with Crippen LogP contribution < -0.4 is 11.5 Å². The molecule has 3 N–H and O–H groups in total. The zero-order valence-corrected chi connectivity index (χ0v) is 9.66. The maximum absolute atomic E-state index is 11.1. The molecule has 0 saturated heterocycles. The SMILES string of the molecule is NCC1(Cc2ccc3[nH]c(=O)oc3c2)CCC1. The molecule has 1 fully saturated rings. The number of oxazole rings is 1. The Bertz CT molecular complexity index is 587. The predicted molar refractivity (Wildman–Crippen MR) is 65.9 cm³/mol. The van der Waals surface area contributed by atoms with E-state index in [0.29, 0.717) is 5.58 Å². The molecule has 3 rings (SSSR count). The third-order valence-electron chi connectivity index (χ3n) is 3.91. The molecule has 1 heterocycles. The number of hydrogen-bond acceptors (Lipinski definition) is 3. The van der Waals surface area contributed by atoms with E-state index in [4.69, 9.17) is 10.2 Å². The Morgan fingerprint density at radius 3 is 2.88 bits per heavy atom. The summed E-state index contributed by atoms with van der Waals surface area (Å²) in [6.07, 6.45) is 4.67. The van der Waals surface area contributed by atoms with Gasteiger partial charge in [-0.2, -0.15) is 0 Å². The lowest BCUT2D eigenvalue weighted by atomic mass is 9.65. The summed E-state index contributed by atoms with van der Waals surface area (Å²) >= 11 is 0. The molecule has 0 atom stereocenters. The number of aromatic amines is 1. The van der Waals surface area contributed by atoms with Gasteiger partial charge in [0.2, 0.25) is 0 Å². The lowest BCUT2D eigenvalue weighted by molar-refractivity contribution is 0.145. The highest BCUT2D eigenvalue weighted by atomic mass is 16.4. The fourth-order valence-electron chi connectivity index (χ4n) is 2.66. The minimum Gasteiger partial charge on any atom is -0.408 e. The van der Waals surface area contributed by atoms with Crippen LogP contribution in [0.4, 0.5) is 0 Å². The normalized spacial score (nSPS) is 18.2. The first-order valence-corrected chi connectivity index (χ1v) is 6.03. The van der Waals surface area contributed by atoms with E-state index in [0.717, 1.165) is 18.5 Å². The number of nitrogens with two attached hydrogens (primary N) is 1. The van der Waals surface area contributed by atoms with Crippen LogP contribution in [-0.2, 0) is 6.42 Å². The van der Waals surface area contributed by atoms with Crippen molar-refractivity contribution in [2.24, 2.45) is 11.1 Å². The lowest BCUT2D eigenvalue weighted by Crippen LogP contribution is -2.39. The zero-order chi connectivity index (χ0) is 11.9. The van der Waals surface area contributed by atoms with Crippen LogP contribution in [0.3, 0.4) is 0 Å². The minimum atomic E-state index is -0.394. The number of fused-ring (bicyclic) bond motifs is 1. The largest absolute Gasteiger partial charge is 0.417 e. The molecule has 4 heteroatoms. The van der Waals surface area contributed by atoms with Crippen LogP contribution in [0.2, 0.25) is 0 Å². The Morgan fingerprint density at radius 2 is 2.24 bits per heavy atom. The second-order valence-corrected chi connectivity index (χ2v) is 5.08. The molecule has 0 bridgehead atoms. The first kappa shape index (κ1) is 10.6. The van der Waals surface area contributed by atoms with Gasteiger partial charge in [0.15, 0.2) is 5.58 Å². The molecular formula is C13H16N2O2. The molecule has 1 saturated carbocycles. The molecule has 1 aliphatic rings. The lowest BCUT2D eigenvalue weighted by Gasteiger charge is -2.41. The van der Waals surface area contributed by atoms with E-state index < -0.39 is 5.76 Å². The summed E-state index contributed by atoms with van der Waals surface area (Å²) in [5.41, 5.74) is 8.73. The van der Waals surface area contributed by atoms with Gasteiger partial charge in [-0.1, -0.05) is 12.5 Å². The standard InChI is InChI=1S/C13H16N2O2/c14-8-13(4-1-5-13)7-9-2-3-10-11(6-9)17-12(16)15-10/h2-3,6H,1,4-5,7-8,14H2,(H,15,16). The molecule has 0 unspecified atom stereocenters. The first-order chi connectivity index (χ1) is 8.21. The van der Waals surface area contributed by atoms with Crippen molar-refractivity contribution in [2.45, 2.75) is 25.7 Å². The number of aromatic nitrogens is 1. The van der Waals surface area contributed by atoms with Crippen molar-refractivity contribution < 1.29 is 4.42 Å². The van der Waals surface area contributed by atoms with Crippen molar-refractivity contribution in [3.63, 3.8) is 0 Å². The van der Waals surface area contributed by atoms with Gasteiger partial charge in [0, 0.05) is 0 Å². The van der Waals surface area contributed by atoms with Crippen LogP contribution in [0.15, 0.2) is 27.4 Å². The number of benzene rings is 1. The quantitative estimate of drug-likeness (QED) is 0.847. The molecule has 1 aliphatic carbocycles. The van der Waals surface area contributed by atoms with E-state index in [1.807, 2.05) is 18.2 Å². The van der Waals surface area contributed by atoms with Gasteiger partial charge < -0.3 is 10.2 Å². The second-order valence-electron chi connectivity index (χ2n) is 5.08. The van der Waals surface area contributed by atoms with E-state index in [9.17, 15) is 4.79 Å². The highest BCUT2D eigenvalue weighted by Gasteiger charge is 2.35. The monoisotopic (exact) mass is 232 g/mol. The summed E-state index contributed by atoms with van der Waals surface area (Å²) in [6.45, 7) is 0.738. The summed E-state index contributed by atoms with van der Waals surface area (Å²) in [4.78, 5) is 13.7. The van der Waals surface area contributed by atoms with Gasteiger partial charge in [-0.15, -0.1) is 0 Å². The van der Waals surface area contributed by atoms with Crippen molar-refractivity contribution in [1.29, 1.82) is 0 Å². The van der Waals surface area contributed by atoms with Crippen molar-refractivity contribution in [3.8, 4) is 0 Å². The Morgan fingerprint density at radius 1 is 1.41 bits per heavy atom. The van der Waals surface area contributed by atoms with Crippen LogP contribution in [0.1, 0.15) is 24.8 Å². The van der Waals surface area contributed by atoms with Gasteiger partial charge in [-0.05, 0) is 48.9 Å². The average molecular weight is 232 g/mol. The fourth-order valence-corrected chi connectivity index (χ4v) is 2.66. The van der Waals surface area contributed by atoms with Gasteiger partial charge in [0.25, 0.3) is 0 Å². The van der Waals surface area contributed by atoms with Gasteiger partial charge >= 0.3 is 5.76 Å². The highest BCUT2D eigenvalue weighted by Crippen LogP contribution is 2.42. The van der Waals surface area contributed by atoms with Crippen molar-refractivity contribution >= 4 is 11.1 Å². The van der Waals surface area contributed by atoms with Crippen LogP contribution in [-0.4, -0.2) is 11.5 Å². The molecule has 1 aromatic heterocycles. The Kier molecular flexibility index (Phi) is 2.33. The minimum absolute atomic E-state index is 0.282. The maximum Gasteiger partial charge on any atom is 0.417 e. The zero-order valence-electron chi connectivity index (χ0n) is 9.66. The summed E-state index contributed by atoms with van der Waals surface area (Å²) in [7, 11) is 0. The molecule has 0 amide bonds. The summed E-state index contributed by atoms with van der Waals surface area (Å²) < 4.78 is 5.07. The third kappa shape index (κ3) is 1.78. The molecule has 2 aromatic rings. The smallest absolute Gasteiger partial charge is 0.408 e. The molecule has 1 aromatic carbocycles. The number of rotatable bonds is 3. The van der Waals surface area contributed by atoms with E-state index in [1.165, 1.54) is 24.8 Å². The van der Waals surface area contributed by atoms with Crippen molar-refractivity contribution in [3.05, 3.63) is 34.3 Å². The third-order valence-corrected chi connectivity index (χ3v) is 3.91. The van der Waals surface area contributed by atoms with Crippen LogP contribution in [0.25, 0.3) is 11.1 Å². The molecule has 17 heavy (non-hydrogen) atoms. The molecule has 0 spiro atoms. The van der Waals surface area contributed by atoms with Crippen LogP contribution >= 0.6 is 0 Å². The molecule has 0 radical (unpaired) electrons. The van der Waals surface area contributed by atoms with Gasteiger partial charge in [0.05, 0.1) is 5.52 Å². The summed E-state index contributed by atoms with van der Waals surface area (Å²) in [6, 6.07) is 5.89. The molecule has 90 valence electrons. The maximum atomic E-state index is 11.1. The van der Waals surface area contributed by atoms with Gasteiger partial charge in [-0.25, -0.2) is 4.79 Å². The first-order valence-electron chi connectivity index (χ1n) is 6.03. The highest BCUT2D eigenvalue weighted by molar-refractivity contribution is 5.72. The second kappa shape index (κ2) is 3.74. The fraction of sp³-hybridized carbons (Fsp3) is 0.462. The number of hydrogen-bond donors (Lipinski definition) is 2. The van der Waals surface area contributed by atoms with Crippen molar-refractivity contribution in [1.82, 2.24) is 4.98 Å². The molecule has 4 nitrogen and oxygen atoms in total. The average Bonchev–Trinajstić information content (AvgIpc) is 2.63. The van der Waals surface area contributed by atoms with Crippen molar-refractivity contribution in [2.75, 3.05) is 6.54 Å².